The van der Waals surface area contributed by atoms with Gasteiger partial charge < -0.3 is 14.4 Å². The first-order valence-electron chi connectivity index (χ1n) is 11.2. The third-order valence-electron chi connectivity index (χ3n) is 7.93. The first-order chi connectivity index (χ1) is 13.8. The maximum absolute atomic E-state index is 12.9. The molecule has 0 aliphatic heterocycles. The molecule has 2 saturated carbocycles. The zero-order valence-electron chi connectivity index (χ0n) is 19.4. The minimum Gasteiger partial charge on any atom is -0.492 e. The van der Waals surface area contributed by atoms with Gasteiger partial charge in [-0.15, -0.1) is 12.4 Å². The summed E-state index contributed by atoms with van der Waals surface area (Å²) in [5, 5.41) is 2.93. The Kier molecular flexibility index (Phi) is 8.09. The van der Waals surface area contributed by atoms with Gasteiger partial charge in [-0.05, 0) is 56.3 Å². The van der Waals surface area contributed by atoms with Gasteiger partial charge in [0.25, 0.3) is 0 Å². The third-order valence-corrected chi connectivity index (χ3v) is 7.93. The monoisotopic (exact) mass is 438 g/mol. The first-order valence-corrected chi connectivity index (χ1v) is 11.2. The Morgan fingerprint density at radius 2 is 1.83 bits per heavy atom. The van der Waals surface area contributed by atoms with Crippen LogP contribution in [-0.4, -0.2) is 43.3 Å². The van der Waals surface area contributed by atoms with E-state index in [4.69, 9.17) is 9.47 Å². The SMILES string of the molecule is CCOc1ccccc1NC(=O)OC1C(CN(CC)CC)C2CCC1(C)C2(C)C.Cl. The number of nitrogens with one attached hydrogen (secondary N) is 1. The van der Waals surface area contributed by atoms with E-state index in [0.29, 0.717) is 29.9 Å². The molecular weight excluding hydrogens is 400 g/mol. The molecule has 0 heterocycles. The predicted octanol–water partition coefficient (Wildman–Crippen LogP) is 5.84. The number of ether oxygens (including phenoxy) is 2. The van der Waals surface area contributed by atoms with Crippen LogP contribution in [0.4, 0.5) is 10.5 Å². The normalized spacial score (nSPS) is 28.8. The average molecular weight is 439 g/mol. The topological polar surface area (TPSA) is 50.8 Å². The molecule has 0 saturated heterocycles. The van der Waals surface area contributed by atoms with Crippen LogP contribution in [0.5, 0.6) is 5.75 Å². The van der Waals surface area contributed by atoms with Crippen LogP contribution in [0, 0.1) is 22.7 Å². The van der Waals surface area contributed by atoms with Crippen LogP contribution < -0.4 is 10.1 Å². The van der Waals surface area contributed by atoms with E-state index in [2.05, 4.69) is 44.8 Å². The lowest BCUT2D eigenvalue weighted by Crippen LogP contribution is -2.45. The lowest BCUT2D eigenvalue weighted by atomic mass is 9.70. The summed E-state index contributed by atoms with van der Waals surface area (Å²) in [6, 6.07) is 7.51. The van der Waals surface area contributed by atoms with Crippen molar-refractivity contribution in [2.75, 3.05) is 31.6 Å². The molecule has 3 rings (SSSR count). The number of carbonyl (C=O) groups is 1. The third kappa shape index (κ3) is 4.29. The lowest BCUT2D eigenvalue weighted by Gasteiger charge is -2.40. The van der Waals surface area contributed by atoms with E-state index >= 15 is 0 Å². The van der Waals surface area contributed by atoms with E-state index in [0.717, 1.165) is 26.1 Å². The minimum atomic E-state index is -0.378. The van der Waals surface area contributed by atoms with Gasteiger partial charge >= 0.3 is 6.09 Å². The Labute approximate surface area is 188 Å². The molecule has 5 nitrogen and oxygen atoms in total. The lowest BCUT2D eigenvalue weighted by molar-refractivity contribution is -0.0258. The molecule has 4 unspecified atom stereocenters. The number of nitrogens with zero attached hydrogens (tertiary/aromatic N) is 1. The quantitative estimate of drug-likeness (QED) is 0.554. The number of para-hydroxylation sites is 2. The first kappa shape index (κ1) is 24.8. The summed E-state index contributed by atoms with van der Waals surface area (Å²) in [4.78, 5) is 15.4. The Morgan fingerprint density at radius 3 is 2.47 bits per heavy atom. The molecule has 4 atom stereocenters. The fourth-order valence-electron chi connectivity index (χ4n) is 5.83. The fourth-order valence-corrected chi connectivity index (χ4v) is 5.83. The highest BCUT2D eigenvalue weighted by Crippen LogP contribution is 2.68. The molecule has 1 aromatic carbocycles. The number of carbonyl (C=O) groups excluding carboxylic acids is 1. The molecule has 170 valence electrons. The van der Waals surface area contributed by atoms with Gasteiger partial charge in [-0.3, -0.25) is 5.32 Å². The second-order valence-electron chi connectivity index (χ2n) is 9.31. The van der Waals surface area contributed by atoms with Crippen molar-refractivity contribution in [2.45, 2.75) is 60.5 Å². The maximum atomic E-state index is 12.9. The fraction of sp³-hybridized carbons (Fsp3) is 0.708. The number of hydrogen-bond acceptors (Lipinski definition) is 4. The Bertz CT molecular complexity index is 722. The van der Waals surface area contributed by atoms with Gasteiger partial charge in [-0.1, -0.05) is 46.8 Å². The standard InChI is InChI=1S/C24H38N2O3.ClH/c1-7-26(8-2)16-17-18-14-15-24(6,23(18,4)5)21(17)29-22(27)25-19-12-10-11-13-20(19)28-9-3;/h10-13,17-18,21H,7-9,14-16H2,1-6H3,(H,25,27);1H. The Morgan fingerprint density at radius 1 is 1.17 bits per heavy atom. The van der Waals surface area contributed by atoms with Gasteiger partial charge in [0, 0.05) is 17.9 Å². The molecule has 1 N–H and O–H groups in total. The van der Waals surface area contributed by atoms with E-state index < -0.39 is 0 Å². The van der Waals surface area contributed by atoms with Crippen molar-refractivity contribution in [2.24, 2.45) is 22.7 Å². The van der Waals surface area contributed by atoms with Crippen molar-refractivity contribution < 1.29 is 14.3 Å². The summed E-state index contributed by atoms with van der Waals surface area (Å²) < 4.78 is 11.8. The molecule has 1 amide bonds. The van der Waals surface area contributed by atoms with Crippen LogP contribution in [0.15, 0.2) is 24.3 Å². The van der Waals surface area contributed by atoms with Crippen molar-refractivity contribution in [3.8, 4) is 5.75 Å². The van der Waals surface area contributed by atoms with Crippen LogP contribution in [0.1, 0.15) is 54.4 Å². The molecule has 2 aliphatic carbocycles. The van der Waals surface area contributed by atoms with Crippen LogP contribution in [0.2, 0.25) is 0 Å². The van der Waals surface area contributed by atoms with E-state index in [1.165, 1.54) is 6.42 Å². The summed E-state index contributed by atoms with van der Waals surface area (Å²) >= 11 is 0. The average Bonchev–Trinajstić information content (AvgIpc) is 3.00. The number of rotatable bonds is 8. The number of hydrogen-bond donors (Lipinski definition) is 1. The molecular formula is C24H39ClN2O3. The molecule has 30 heavy (non-hydrogen) atoms. The number of halogens is 1. The molecule has 0 radical (unpaired) electrons. The van der Waals surface area contributed by atoms with Gasteiger partial charge in [-0.25, -0.2) is 4.79 Å². The number of amides is 1. The highest BCUT2D eigenvalue weighted by Gasteiger charge is 2.67. The molecule has 2 aliphatic rings. The second-order valence-corrected chi connectivity index (χ2v) is 9.31. The van der Waals surface area contributed by atoms with Crippen molar-refractivity contribution in [1.82, 2.24) is 4.90 Å². The highest BCUT2D eigenvalue weighted by molar-refractivity contribution is 5.87. The van der Waals surface area contributed by atoms with Gasteiger partial charge in [0.15, 0.2) is 0 Å². The number of benzene rings is 1. The van der Waals surface area contributed by atoms with Gasteiger partial charge in [0.1, 0.15) is 11.9 Å². The zero-order chi connectivity index (χ0) is 21.2. The molecule has 6 heteroatoms. The molecule has 2 bridgehead atoms. The van der Waals surface area contributed by atoms with E-state index in [-0.39, 0.29) is 35.4 Å². The van der Waals surface area contributed by atoms with Crippen molar-refractivity contribution >= 4 is 24.2 Å². The smallest absolute Gasteiger partial charge is 0.412 e. The summed E-state index contributed by atoms with van der Waals surface area (Å²) in [5.74, 6) is 1.63. The summed E-state index contributed by atoms with van der Waals surface area (Å²) in [7, 11) is 0. The van der Waals surface area contributed by atoms with Gasteiger partial charge in [-0.2, -0.15) is 0 Å². The molecule has 2 fully saturated rings. The molecule has 0 aromatic heterocycles. The van der Waals surface area contributed by atoms with E-state index in [1.807, 2.05) is 31.2 Å². The molecule has 1 aromatic rings. The largest absolute Gasteiger partial charge is 0.492 e. The Hall–Kier alpha value is -1.46. The Balaban J connectivity index is 0.00000320. The van der Waals surface area contributed by atoms with Gasteiger partial charge in [0.05, 0.1) is 12.3 Å². The highest BCUT2D eigenvalue weighted by atomic mass is 35.5. The number of fused-ring (bicyclic) bond motifs is 2. The van der Waals surface area contributed by atoms with Crippen molar-refractivity contribution in [3.63, 3.8) is 0 Å². The predicted molar refractivity (Wildman–Crippen MR) is 125 cm³/mol. The molecule has 0 spiro atoms. The maximum Gasteiger partial charge on any atom is 0.412 e. The van der Waals surface area contributed by atoms with Crippen molar-refractivity contribution in [1.29, 1.82) is 0 Å². The van der Waals surface area contributed by atoms with Crippen LogP contribution in [0.25, 0.3) is 0 Å². The van der Waals surface area contributed by atoms with Crippen molar-refractivity contribution in [3.05, 3.63) is 24.3 Å². The van der Waals surface area contributed by atoms with Crippen LogP contribution in [0.3, 0.4) is 0 Å². The second kappa shape index (κ2) is 9.78. The van der Waals surface area contributed by atoms with E-state index in [9.17, 15) is 4.79 Å². The number of anilines is 1. The summed E-state index contributed by atoms with van der Waals surface area (Å²) in [5.41, 5.74) is 0.831. The zero-order valence-corrected chi connectivity index (χ0v) is 20.2. The summed E-state index contributed by atoms with van der Waals surface area (Å²) in [6.07, 6.45) is 1.89. The van der Waals surface area contributed by atoms with Gasteiger partial charge in [0.2, 0.25) is 0 Å². The van der Waals surface area contributed by atoms with E-state index in [1.54, 1.807) is 0 Å². The van der Waals surface area contributed by atoms with Crippen LogP contribution in [-0.2, 0) is 4.74 Å². The summed E-state index contributed by atoms with van der Waals surface area (Å²) in [6.45, 7) is 17.0. The van der Waals surface area contributed by atoms with Crippen LogP contribution >= 0.6 is 12.4 Å². The minimum absolute atomic E-state index is 0.